The number of hydrogen-bond acceptors (Lipinski definition) is 5. The SMILES string of the molecule is Cc1nc(C(=O)N2CCCC(c3nccn3CCCN(C)C)C2)cs1. The first-order valence-corrected chi connectivity index (χ1v) is 9.79. The summed E-state index contributed by atoms with van der Waals surface area (Å²) in [6.45, 7) is 5.53. The molecule has 0 saturated carbocycles. The van der Waals surface area contributed by atoms with E-state index in [1.165, 1.54) is 11.3 Å². The van der Waals surface area contributed by atoms with E-state index >= 15 is 0 Å². The number of thiazole rings is 1. The fraction of sp³-hybridized carbons (Fsp3) is 0.611. The third-order valence-corrected chi connectivity index (χ3v) is 5.44. The van der Waals surface area contributed by atoms with E-state index in [2.05, 4.69) is 39.7 Å². The Balaban J connectivity index is 1.65. The van der Waals surface area contributed by atoms with Gasteiger partial charge in [0.05, 0.1) is 5.01 Å². The highest BCUT2D eigenvalue weighted by molar-refractivity contribution is 7.09. The number of carbonyl (C=O) groups is 1. The van der Waals surface area contributed by atoms with Crippen LogP contribution < -0.4 is 0 Å². The van der Waals surface area contributed by atoms with Crippen molar-refractivity contribution in [1.82, 2.24) is 24.3 Å². The van der Waals surface area contributed by atoms with Crippen LogP contribution in [0.4, 0.5) is 0 Å². The molecular formula is C18H27N5OS. The van der Waals surface area contributed by atoms with Crippen molar-refractivity contribution in [2.45, 2.75) is 38.6 Å². The van der Waals surface area contributed by atoms with Gasteiger partial charge in [0.15, 0.2) is 0 Å². The molecule has 0 aliphatic carbocycles. The molecule has 136 valence electrons. The van der Waals surface area contributed by atoms with Gasteiger partial charge in [-0.05, 0) is 46.8 Å². The molecule has 0 N–H and O–H groups in total. The van der Waals surface area contributed by atoms with Crippen LogP contribution in [0.15, 0.2) is 17.8 Å². The van der Waals surface area contributed by atoms with Crippen molar-refractivity contribution in [1.29, 1.82) is 0 Å². The largest absolute Gasteiger partial charge is 0.337 e. The molecule has 3 heterocycles. The summed E-state index contributed by atoms with van der Waals surface area (Å²) in [4.78, 5) is 25.8. The molecule has 1 atom stereocenters. The zero-order valence-electron chi connectivity index (χ0n) is 15.3. The van der Waals surface area contributed by atoms with E-state index in [9.17, 15) is 4.79 Å². The lowest BCUT2D eigenvalue weighted by molar-refractivity contribution is 0.0698. The summed E-state index contributed by atoms with van der Waals surface area (Å²) < 4.78 is 2.26. The number of rotatable bonds is 6. The Kier molecular flexibility index (Phi) is 5.86. The fourth-order valence-electron chi connectivity index (χ4n) is 3.42. The smallest absolute Gasteiger partial charge is 0.273 e. The van der Waals surface area contributed by atoms with Gasteiger partial charge in [-0.25, -0.2) is 9.97 Å². The first-order valence-electron chi connectivity index (χ1n) is 8.91. The maximum Gasteiger partial charge on any atom is 0.273 e. The predicted molar refractivity (Wildman–Crippen MR) is 100 cm³/mol. The molecular weight excluding hydrogens is 334 g/mol. The van der Waals surface area contributed by atoms with E-state index in [4.69, 9.17) is 0 Å². The Labute approximate surface area is 153 Å². The highest BCUT2D eigenvalue weighted by Crippen LogP contribution is 2.27. The van der Waals surface area contributed by atoms with Crippen molar-refractivity contribution >= 4 is 17.2 Å². The minimum absolute atomic E-state index is 0.0553. The molecule has 1 aliphatic heterocycles. The van der Waals surface area contributed by atoms with Gasteiger partial charge in [0.25, 0.3) is 5.91 Å². The van der Waals surface area contributed by atoms with Crippen LogP contribution in [0.25, 0.3) is 0 Å². The Bertz CT molecular complexity index is 708. The first kappa shape index (κ1) is 18.1. The molecule has 0 bridgehead atoms. The Morgan fingerprint density at radius 1 is 1.44 bits per heavy atom. The fourth-order valence-corrected chi connectivity index (χ4v) is 4.01. The summed E-state index contributed by atoms with van der Waals surface area (Å²) in [7, 11) is 4.19. The molecule has 2 aromatic heterocycles. The van der Waals surface area contributed by atoms with Crippen LogP contribution in [0.3, 0.4) is 0 Å². The average molecular weight is 362 g/mol. The van der Waals surface area contributed by atoms with Gasteiger partial charge in [0.1, 0.15) is 11.5 Å². The molecule has 0 radical (unpaired) electrons. The normalized spacial score (nSPS) is 18.1. The van der Waals surface area contributed by atoms with Gasteiger partial charge in [-0.1, -0.05) is 0 Å². The van der Waals surface area contributed by atoms with Gasteiger partial charge < -0.3 is 14.4 Å². The second-order valence-corrected chi connectivity index (χ2v) is 8.04. The maximum atomic E-state index is 12.7. The molecule has 3 rings (SSSR count). The number of likely N-dealkylation sites (tertiary alicyclic amines) is 1. The van der Waals surface area contributed by atoms with Gasteiger partial charge in [0, 0.05) is 43.3 Å². The topological polar surface area (TPSA) is 54.3 Å². The van der Waals surface area contributed by atoms with Crippen LogP contribution >= 0.6 is 11.3 Å². The van der Waals surface area contributed by atoms with Crippen molar-refractivity contribution < 1.29 is 4.79 Å². The zero-order chi connectivity index (χ0) is 17.8. The van der Waals surface area contributed by atoms with E-state index in [1.807, 2.05) is 23.4 Å². The second kappa shape index (κ2) is 8.10. The van der Waals surface area contributed by atoms with E-state index in [0.29, 0.717) is 11.6 Å². The number of carbonyl (C=O) groups excluding carboxylic acids is 1. The summed E-state index contributed by atoms with van der Waals surface area (Å²) in [5, 5.41) is 2.80. The number of piperidine rings is 1. The summed E-state index contributed by atoms with van der Waals surface area (Å²) in [6.07, 6.45) is 7.16. The van der Waals surface area contributed by atoms with E-state index in [1.54, 1.807) is 0 Å². The number of aryl methyl sites for hydroxylation is 2. The molecule has 0 aromatic carbocycles. The monoisotopic (exact) mass is 361 g/mol. The van der Waals surface area contributed by atoms with Gasteiger partial charge in [-0.2, -0.15) is 0 Å². The summed E-state index contributed by atoms with van der Waals surface area (Å²) in [6, 6.07) is 0. The molecule has 1 aliphatic rings. The van der Waals surface area contributed by atoms with Crippen molar-refractivity contribution in [3.8, 4) is 0 Å². The Morgan fingerprint density at radius 3 is 3.00 bits per heavy atom. The van der Waals surface area contributed by atoms with Gasteiger partial charge in [0.2, 0.25) is 0 Å². The van der Waals surface area contributed by atoms with Crippen LogP contribution in [0.1, 0.15) is 46.5 Å². The number of imidazole rings is 1. The van der Waals surface area contributed by atoms with Gasteiger partial charge in [-0.15, -0.1) is 11.3 Å². The van der Waals surface area contributed by atoms with E-state index < -0.39 is 0 Å². The third-order valence-electron chi connectivity index (χ3n) is 4.66. The van der Waals surface area contributed by atoms with Crippen LogP contribution in [-0.4, -0.2) is 64.0 Å². The highest BCUT2D eigenvalue weighted by atomic mass is 32.1. The quantitative estimate of drug-likeness (QED) is 0.794. The van der Waals surface area contributed by atoms with Crippen LogP contribution in [0.5, 0.6) is 0 Å². The molecule has 2 aromatic rings. The minimum atomic E-state index is 0.0553. The zero-order valence-corrected chi connectivity index (χ0v) is 16.1. The lowest BCUT2D eigenvalue weighted by atomic mass is 9.97. The van der Waals surface area contributed by atoms with E-state index in [0.717, 1.165) is 56.3 Å². The van der Waals surface area contributed by atoms with E-state index in [-0.39, 0.29) is 5.91 Å². The third kappa shape index (κ3) is 4.46. The summed E-state index contributed by atoms with van der Waals surface area (Å²) >= 11 is 1.53. The van der Waals surface area contributed by atoms with Crippen molar-refractivity contribution in [2.24, 2.45) is 0 Å². The molecule has 25 heavy (non-hydrogen) atoms. The number of hydrogen-bond donors (Lipinski definition) is 0. The maximum absolute atomic E-state index is 12.7. The van der Waals surface area contributed by atoms with Gasteiger partial charge in [-0.3, -0.25) is 4.79 Å². The average Bonchev–Trinajstić information content (AvgIpc) is 3.23. The number of nitrogens with zero attached hydrogens (tertiary/aromatic N) is 5. The van der Waals surface area contributed by atoms with Crippen LogP contribution in [-0.2, 0) is 6.54 Å². The van der Waals surface area contributed by atoms with Gasteiger partial charge >= 0.3 is 0 Å². The molecule has 1 saturated heterocycles. The van der Waals surface area contributed by atoms with Crippen LogP contribution in [0, 0.1) is 6.92 Å². The molecule has 1 amide bonds. The Morgan fingerprint density at radius 2 is 2.28 bits per heavy atom. The standard InChI is InChI=1S/C18H27N5OS/c1-14-20-16(13-25-14)18(24)23-9-4-6-15(12-23)17-19-7-11-22(17)10-5-8-21(2)3/h7,11,13,15H,4-6,8-10,12H2,1-3H3. The molecule has 1 unspecified atom stereocenters. The Hall–Kier alpha value is -1.73. The van der Waals surface area contributed by atoms with Crippen LogP contribution in [0.2, 0.25) is 0 Å². The minimum Gasteiger partial charge on any atom is -0.337 e. The predicted octanol–water partition coefficient (Wildman–Crippen LogP) is 2.62. The summed E-state index contributed by atoms with van der Waals surface area (Å²) in [5.41, 5.74) is 0.581. The number of aromatic nitrogens is 3. The van der Waals surface area contributed by atoms with Crippen molar-refractivity contribution in [3.63, 3.8) is 0 Å². The second-order valence-electron chi connectivity index (χ2n) is 6.98. The molecule has 1 fully saturated rings. The highest BCUT2D eigenvalue weighted by Gasteiger charge is 2.28. The molecule has 0 spiro atoms. The van der Waals surface area contributed by atoms with Crippen molar-refractivity contribution in [2.75, 3.05) is 33.7 Å². The lowest BCUT2D eigenvalue weighted by Gasteiger charge is -2.32. The first-order chi connectivity index (χ1) is 12.0. The molecule has 7 heteroatoms. The molecule has 6 nitrogen and oxygen atoms in total. The summed E-state index contributed by atoms with van der Waals surface area (Å²) in [5.74, 6) is 1.48. The number of amides is 1. The lowest BCUT2D eigenvalue weighted by Crippen LogP contribution is -2.40. The van der Waals surface area contributed by atoms with Crippen molar-refractivity contribution in [3.05, 3.63) is 34.3 Å².